The van der Waals surface area contributed by atoms with Gasteiger partial charge in [0.1, 0.15) is 11.9 Å². The molecule has 2 fully saturated rings. The van der Waals surface area contributed by atoms with Crippen LogP contribution in [0.15, 0.2) is 12.1 Å². The Morgan fingerprint density at radius 1 is 1.55 bits per heavy atom. The minimum absolute atomic E-state index is 0.0484. The molecule has 2 aliphatic rings. The molecule has 0 amide bonds. The number of ether oxygens (including phenoxy) is 2. The van der Waals surface area contributed by atoms with Crippen LogP contribution < -0.4 is 4.74 Å². The molecule has 110 valence electrons. The SMILES string of the molecule is Cc1ccc(OC2CCOC3(CCSC3)C2)c(CCl)n1. The summed E-state index contributed by atoms with van der Waals surface area (Å²) in [5.41, 5.74) is 1.86. The summed E-state index contributed by atoms with van der Waals surface area (Å²) in [6, 6.07) is 3.97. The first kappa shape index (κ1) is 14.5. The molecular formula is C15H20ClNO2S. The zero-order chi connectivity index (χ0) is 14.0. The maximum atomic E-state index is 6.18. The van der Waals surface area contributed by atoms with Crippen molar-refractivity contribution in [3.05, 3.63) is 23.5 Å². The smallest absolute Gasteiger partial charge is 0.142 e. The molecule has 1 aromatic rings. The molecule has 0 bridgehead atoms. The van der Waals surface area contributed by atoms with Crippen molar-refractivity contribution in [1.82, 2.24) is 4.98 Å². The van der Waals surface area contributed by atoms with Crippen LogP contribution in [0.5, 0.6) is 5.75 Å². The molecule has 0 N–H and O–H groups in total. The van der Waals surface area contributed by atoms with Gasteiger partial charge in [-0.15, -0.1) is 11.6 Å². The first-order valence-corrected chi connectivity index (χ1v) is 8.81. The van der Waals surface area contributed by atoms with Gasteiger partial charge in [-0.05, 0) is 31.2 Å². The Balaban J connectivity index is 1.71. The van der Waals surface area contributed by atoms with Crippen molar-refractivity contribution in [1.29, 1.82) is 0 Å². The van der Waals surface area contributed by atoms with Gasteiger partial charge in [0.25, 0.3) is 0 Å². The fourth-order valence-electron chi connectivity index (χ4n) is 2.93. The second-order valence-electron chi connectivity index (χ2n) is 5.60. The van der Waals surface area contributed by atoms with E-state index in [2.05, 4.69) is 4.98 Å². The molecule has 2 unspecified atom stereocenters. The van der Waals surface area contributed by atoms with E-state index in [4.69, 9.17) is 21.1 Å². The lowest BCUT2D eigenvalue weighted by Gasteiger charge is -2.37. The normalized spacial score (nSPS) is 29.8. The zero-order valence-corrected chi connectivity index (χ0v) is 13.3. The molecule has 2 saturated heterocycles. The van der Waals surface area contributed by atoms with Crippen molar-refractivity contribution < 1.29 is 9.47 Å². The van der Waals surface area contributed by atoms with Gasteiger partial charge in [-0.1, -0.05) is 0 Å². The van der Waals surface area contributed by atoms with Gasteiger partial charge in [0.15, 0.2) is 0 Å². The second kappa shape index (κ2) is 6.12. The van der Waals surface area contributed by atoms with Crippen LogP contribution in [-0.2, 0) is 10.6 Å². The molecule has 2 aliphatic heterocycles. The van der Waals surface area contributed by atoms with Crippen molar-refractivity contribution in [3.63, 3.8) is 0 Å². The summed E-state index contributed by atoms with van der Waals surface area (Å²) in [5, 5.41) is 0. The maximum absolute atomic E-state index is 6.18. The molecule has 3 nitrogen and oxygen atoms in total. The summed E-state index contributed by atoms with van der Waals surface area (Å²) in [4.78, 5) is 4.45. The third-order valence-electron chi connectivity index (χ3n) is 4.01. The van der Waals surface area contributed by atoms with Gasteiger partial charge in [-0.3, -0.25) is 4.98 Å². The predicted molar refractivity (Wildman–Crippen MR) is 82.8 cm³/mol. The molecule has 1 spiro atoms. The quantitative estimate of drug-likeness (QED) is 0.798. The van der Waals surface area contributed by atoms with Gasteiger partial charge in [-0.25, -0.2) is 0 Å². The molecule has 0 aromatic carbocycles. The number of hydrogen-bond donors (Lipinski definition) is 0. The van der Waals surface area contributed by atoms with E-state index in [1.54, 1.807) is 0 Å². The number of aromatic nitrogens is 1. The van der Waals surface area contributed by atoms with Crippen molar-refractivity contribution in [2.75, 3.05) is 18.1 Å². The van der Waals surface area contributed by atoms with E-state index in [1.807, 2.05) is 30.8 Å². The van der Waals surface area contributed by atoms with E-state index in [9.17, 15) is 0 Å². The van der Waals surface area contributed by atoms with Gasteiger partial charge in [-0.2, -0.15) is 11.8 Å². The molecule has 3 heterocycles. The summed E-state index contributed by atoms with van der Waals surface area (Å²) >= 11 is 7.96. The van der Waals surface area contributed by atoms with Crippen LogP contribution in [-0.4, -0.2) is 34.8 Å². The summed E-state index contributed by atoms with van der Waals surface area (Å²) in [7, 11) is 0. The van der Waals surface area contributed by atoms with Crippen molar-refractivity contribution in [2.45, 2.75) is 43.8 Å². The molecule has 20 heavy (non-hydrogen) atoms. The number of thioether (sulfide) groups is 1. The Hall–Kier alpha value is -0.450. The number of halogens is 1. The van der Waals surface area contributed by atoms with Crippen molar-refractivity contribution in [3.8, 4) is 5.75 Å². The Kier molecular flexibility index (Phi) is 4.43. The van der Waals surface area contributed by atoms with E-state index < -0.39 is 0 Å². The highest BCUT2D eigenvalue weighted by molar-refractivity contribution is 7.99. The van der Waals surface area contributed by atoms with Crippen LogP contribution in [0, 0.1) is 6.92 Å². The number of rotatable bonds is 3. The minimum atomic E-state index is 0.0484. The Morgan fingerprint density at radius 2 is 2.45 bits per heavy atom. The minimum Gasteiger partial charge on any atom is -0.488 e. The van der Waals surface area contributed by atoms with Crippen LogP contribution in [0.25, 0.3) is 0 Å². The van der Waals surface area contributed by atoms with E-state index in [-0.39, 0.29) is 11.7 Å². The van der Waals surface area contributed by atoms with Crippen molar-refractivity contribution in [2.24, 2.45) is 0 Å². The molecule has 0 saturated carbocycles. The lowest BCUT2D eigenvalue weighted by atomic mass is 9.91. The summed E-state index contributed by atoms with van der Waals surface area (Å²) in [5.74, 6) is 3.52. The largest absolute Gasteiger partial charge is 0.488 e. The van der Waals surface area contributed by atoms with E-state index >= 15 is 0 Å². The number of alkyl halides is 1. The third-order valence-corrected chi connectivity index (χ3v) is 5.48. The predicted octanol–water partition coefficient (Wildman–Crippen LogP) is 3.56. The lowest BCUT2D eigenvalue weighted by molar-refractivity contribution is -0.0960. The standard InChI is InChI=1S/C15H20ClNO2S/c1-11-2-3-14(13(9-16)17-11)19-12-4-6-18-15(8-12)5-7-20-10-15/h2-3,12H,4-10H2,1H3. The fourth-order valence-corrected chi connectivity index (χ4v) is 4.50. The highest BCUT2D eigenvalue weighted by Gasteiger charge is 2.41. The van der Waals surface area contributed by atoms with E-state index in [0.717, 1.165) is 48.8 Å². The number of nitrogens with zero attached hydrogens (tertiary/aromatic N) is 1. The molecule has 2 atom stereocenters. The highest BCUT2D eigenvalue weighted by atomic mass is 35.5. The number of aryl methyl sites for hydroxylation is 1. The molecule has 0 aliphatic carbocycles. The van der Waals surface area contributed by atoms with Crippen LogP contribution >= 0.6 is 23.4 Å². The topological polar surface area (TPSA) is 31.4 Å². The average molecular weight is 314 g/mol. The average Bonchev–Trinajstić information content (AvgIpc) is 2.89. The van der Waals surface area contributed by atoms with Gasteiger partial charge in [0.05, 0.1) is 23.8 Å². The van der Waals surface area contributed by atoms with Crippen LogP contribution in [0.1, 0.15) is 30.7 Å². The zero-order valence-electron chi connectivity index (χ0n) is 11.7. The van der Waals surface area contributed by atoms with E-state index in [1.165, 1.54) is 5.75 Å². The Bertz CT molecular complexity index is 477. The fraction of sp³-hybridized carbons (Fsp3) is 0.667. The number of hydrogen-bond acceptors (Lipinski definition) is 4. The second-order valence-corrected chi connectivity index (χ2v) is 6.97. The number of pyridine rings is 1. The lowest BCUT2D eigenvalue weighted by Crippen LogP contribution is -2.43. The molecule has 3 rings (SSSR count). The molecule has 1 aromatic heterocycles. The monoisotopic (exact) mass is 313 g/mol. The Labute approximate surface area is 129 Å². The summed E-state index contributed by atoms with van der Waals surface area (Å²) in [6.07, 6.45) is 3.29. The first-order valence-electron chi connectivity index (χ1n) is 7.12. The van der Waals surface area contributed by atoms with Crippen molar-refractivity contribution >= 4 is 23.4 Å². The third kappa shape index (κ3) is 3.07. The van der Waals surface area contributed by atoms with Crippen LogP contribution in [0.2, 0.25) is 0 Å². The van der Waals surface area contributed by atoms with Crippen LogP contribution in [0.4, 0.5) is 0 Å². The molecular weight excluding hydrogens is 294 g/mol. The van der Waals surface area contributed by atoms with Gasteiger partial charge < -0.3 is 9.47 Å². The van der Waals surface area contributed by atoms with Gasteiger partial charge in [0.2, 0.25) is 0 Å². The van der Waals surface area contributed by atoms with E-state index in [0.29, 0.717) is 5.88 Å². The summed E-state index contributed by atoms with van der Waals surface area (Å²) in [6.45, 7) is 2.76. The summed E-state index contributed by atoms with van der Waals surface area (Å²) < 4.78 is 12.2. The molecule has 0 radical (unpaired) electrons. The maximum Gasteiger partial charge on any atom is 0.142 e. The highest BCUT2D eigenvalue weighted by Crippen LogP contribution is 2.39. The van der Waals surface area contributed by atoms with Crippen LogP contribution in [0.3, 0.4) is 0 Å². The first-order chi connectivity index (χ1) is 9.71. The Morgan fingerprint density at radius 3 is 3.20 bits per heavy atom. The molecule has 5 heteroatoms. The van der Waals surface area contributed by atoms with Gasteiger partial charge in [0, 0.05) is 24.3 Å². The van der Waals surface area contributed by atoms with Gasteiger partial charge >= 0.3 is 0 Å².